The predicted octanol–water partition coefficient (Wildman–Crippen LogP) is 2.99. The number of pyridine rings is 1. The van der Waals surface area contributed by atoms with Crippen LogP contribution in [0.25, 0.3) is 0 Å². The van der Waals surface area contributed by atoms with Gasteiger partial charge >= 0.3 is 0 Å². The number of carbonyl (C=O) groups is 1. The molecule has 188 valence electrons. The van der Waals surface area contributed by atoms with Crippen LogP contribution in [0.2, 0.25) is 0 Å². The maximum atomic E-state index is 14.1. The lowest BCUT2D eigenvalue weighted by Gasteiger charge is -2.58. The van der Waals surface area contributed by atoms with Crippen molar-refractivity contribution in [3.63, 3.8) is 0 Å². The molecule has 2 aliphatic rings. The summed E-state index contributed by atoms with van der Waals surface area (Å²) in [4.78, 5) is 13.7. The van der Waals surface area contributed by atoms with Crippen molar-refractivity contribution in [2.75, 3.05) is 33.7 Å². The molecule has 1 aromatic heterocycles. The van der Waals surface area contributed by atoms with E-state index in [0.717, 1.165) is 61.7 Å². The van der Waals surface area contributed by atoms with E-state index in [1.807, 2.05) is 33.2 Å². The molecule has 9 heteroatoms. The summed E-state index contributed by atoms with van der Waals surface area (Å²) in [5.41, 5.74) is 2.83. The molecule has 2 aromatic rings. The van der Waals surface area contributed by atoms with E-state index in [2.05, 4.69) is 10.2 Å². The maximum absolute atomic E-state index is 14.1. The van der Waals surface area contributed by atoms with Crippen LogP contribution in [0.4, 0.5) is 4.39 Å². The summed E-state index contributed by atoms with van der Waals surface area (Å²) >= 11 is 0. The van der Waals surface area contributed by atoms with Gasteiger partial charge in [-0.05, 0) is 76.5 Å². The lowest BCUT2D eigenvalue weighted by atomic mass is 9.61. The third kappa shape index (κ3) is 5.91. The predicted molar refractivity (Wildman–Crippen MR) is 135 cm³/mol. The number of nitrogens with one attached hydrogen (secondary N) is 4. The second-order valence-electron chi connectivity index (χ2n) is 9.50. The van der Waals surface area contributed by atoms with Crippen molar-refractivity contribution >= 4 is 18.8 Å². The van der Waals surface area contributed by atoms with Gasteiger partial charge in [0.2, 0.25) is 0 Å². The summed E-state index contributed by atoms with van der Waals surface area (Å²) in [6.45, 7) is 4.75. The molecule has 1 saturated heterocycles. The van der Waals surface area contributed by atoms with E-state index in [1.165, 1.54) is 18.5 Å². The number of hydrogen-bond donors (Lipinski definition) is 4. The lowest BCUT2D eigenvalue weighted by Crippen LogP contribution is -2.64. The van der Waals surface area contributed by atoms with Gasteiger partial charge in [0.1, 0.15) is 17.1 Å². The monoisotopic (exact) mass is 482 g/mol. The van der Waals surface area contributed by atoms with Crippen LogP contribution in [0.1, 0.15) is 46.3 Å². The number of aldehydes is 1. The fourth-order valence-corrected chi connectivity index (χ4v) is 5.00. The van der Waals surface area contributed by atoms with E-state index in [0.29, 0.717) is 28.9 Å². The molecule has 2 heterocycles. The van der Waals surface area contributed by atoms with Gasteiger partial charge in [-0.2, -0.15) is 0 Å². The minimum absolute atomic E-state index is 0.104. The van der Waals surface area contributed by atoms with E-state index in [1.54, 1.807) is 0 Å². The van der Waals surface area contributed by atoms with E-state index in [9.17, 15) is 9.18 Å². The van der Waals surface area contributed by atoms with Crippen LogP contribution in [-0.4, -0.2) is 68.1 Å². The van der Waals surface area contributed by atoms with Crippen LogP contribution in [0.15, 0.2) is 24.4 Å². The molecular formula is C26H35FN6O2. The molecule has 0 radical (unpaired) electrons. The Morgan fingerprint density at radius 1 is 1.23 bits per heavy atom. The highest BCUT2D eigenvalue weighted by Gasteiger charge is 2.53. The Morgan fingerprint density at radius 3 is 2.51 bits per heavy atom. The number of halogens is 1. The SMILES string of the molecule is CNC.Cc1ccc(OC2CC3(C2)CN(CCCc2cc(=N)n(C=N)cc2F)C3)c(C=N)c1C=O. The molecule has 1 aliphatic heterocycles. The zero-order valence-corrected chi connectivity index (χ0v) is 20.7. The molecule has 0 bridgehead atoms. The van der Waals surface area contributed by atoms with E-state index < -0.39 is 0 Å². The van der Waals surface area contributed by atoms with Crippen molar-refractivity contribution in [1.29, 1.82) is 16.2 Å². The number of ether oxygens (including phenoxy) is 1. The normalized spacial score (nSPS) is 16.5. The number of aromatic nitrogens is 1. The fourth-order valence-electron chi connectivity index (χ4n) is 5.00. The van der Waals surface area contributed by atoms with Gasteiger partial charge in [-0.1, -0.05) is 6.07 Å². The second-order valence-corrected chi connectivity index (χ2v) is 9.50. The molecule has 1 aliphatic carbocycles. The molecule has 4 rings (SSSR count). The number of benzene rings is 1. The van der Waals surface area contributed by atoms with Crippen LogP contribution in [0, 0.1) is 34.4 Å². The van der Waals surface area contributed by atoms with Crippen molar-refractivity contribution < 1.29 is 13.9 Å². The van der Waals surface area contributed by atoms with Crippen LogP contribution < -0.4 is 15.5 Å². The number of hydrogen-bond acceptors (Lipinski definition) is 7. The van der Waals surface area contributed by atoms with E-state index in [4.69, 9.17) is 21.0 Å². The number of aryl methyl sites for hydroxylation is 2. The Balaban J connectivity index is 0.00000108. The van der Waals surface area contributed by atoms with Gasteiger partial charge in [0.15, 0.2) is 6.29 Å². The summed E-state index contributed by atoms with van der Waals surface area (Å²) < 4.78 is 21.4. The standard InChI is InChI=1S/C24H28FN5O2.C2H7N/c1-16-4-5-22(19(10-26)20(16)12-31)32-18-8-24(9-18)13-29(14-24)6-2-3-17-7-23(28)30(15-27)11-21(17)25;1-3-2/h4-5,7,10-12,15,18,26-28H,2-3,6,8-9,13-14H2,1H3;3H,1-2H3. The Labute approximate surface area is 205 Å². The Morgan fingerprint density at radius 2 is 1.91 bits per heavy atom. The Bertz CT molecular complexity index is 1130. The molecule has 2 fully saturated rings. The average molecular weight is 483 g/mol. The molecular weight excluding hydrogens is 447 g/mol. The fraction of sp³-hybridized carbons (Fsp3) is 0.462. The quantitative estimate of drug-likeness (QED) is 0.250. The van der Waals surface area contributed by atoms with Crippen molar-refractivity contribution in [3.05, 3.63) is 58.0 Å². The smallest absolute Gasteiger partial charge is 0.151 e. The number of carbonyl (C=O) groups excluding carboxylic acids is 1. The third-order valence-corrected chi connectivity index (χ3v) is 6.67. The van der Waals surface area contributed by atoms with E-state index >= 15 is 0 Å². The van der Waals surface area contributed by atoms with Crippen LogP contribution in [0.3, 0.4) is 0 Å². The topological polar surface area (TPSA) is 118 Å². The summed E-state index contributed by atoms with van der Waals surface area (Å²) in [7, 11) is 3.75. The van der Waals surface area contributed by atoms with Crippen molar-refractivity contribution in [2.45, 2.75) is 38.7 Å². The first-order valence-electron chi connectivity index (χ1n) is 11.8. The first kappa shape index (κ1) is 26.4. The zero-order valence-electron chi connectivity index (χ0n) is 20.7. The molecule has 1 spiro atoms. The van der Waals surface area contributed by atoms with E-state index in [-0.39, 0.29) is 22.8 Å². The molecule has 1 aromatic carbocycles. The van der Waals surface area contributed by atoms with Crippen molar-refractivity contribution in [3.8, 4) is 5.75 Å². The largest absolute Gasteiger partial charge is 0.490 e. The second kappa shape index (κ2) is 11.5. The van der Waals surface area contributed by atoms with Crippen molar-refractivity contribution in [2.24, 2.45) is 5.41 Å². The maximum Gasteiger partial charge on any atom is 0.151 e. The summed E-state index contributed by atoms with van der Waals surface area (Å²) in [6, 6.07) is 5.19. The number of rotatable bonds is 9. The molecule has 4 N–H and O–H groups in total. The summed E-state index contributed by atoms with van der Waals surface area (Å²) in [5, 5.41) is 25.4. The molecule has 0 amide bonds. The van der Waals surface area contributed by atoms with Crippen LogP contribution in [0.5, 0.6) is 5.75 Å². The average Bonchev–Trinajstić information content (AvgIpc) is 2.78. The van der Waals surface area contributed by atoms with Gasteiger partial charge in [-0.25, -0.2) is 4.39 Å². The van der Waals surface area contributed by atoms with Crippen molar-refractivity contribution in [1.82, 2.24) is 14.8 Å². The summed E-state index contributed by atoms with van der Waals surface area (Å²) in [6.07, 6.45) is 7.51. The van der Waals surface area contributed by atoms with Crippen LogP contribution in [-0.2, 0) is 6.42 Å². The molecule has 0 unspecified atom stereocenters. The zero-order chi connectivity index (χ0) is 25.6. The minimum atomic E-state index is -0.373. The Hall–Kier alpha value is -3.17. The Kier molecular flexibility index (Phi) is 8.69. The highest BCUT2D eigenvalue weighted by Crippen LogP contribution is 2.49. The highest BCUT2D eigenvalue weighted by molar-refractivity contribution is 5.95. The lowest BCUT2D eigenvalue weighted by molar-refractivity contribution is -0.119. The van der Waals surface area contributed by atoms with Gasteiger partial charge < -0.3 is 20.4 Å². The number of nitrogens with zero attached hydrogens (tertiary/aromatic N) is 2. The highest BCUT2D eigenvalue weighted by atomic mass is 19.1. The molecule has 8 nitrogen and oxygen atoms in total. The molecule has 1 saturated carbocycles. The molecule has 35 heavy (non-hydrogen) atoms. The van der Waals surface area contributed by atoms with Gasteiger partial charge in [-0.15, -0.1) is 0 Å². The van der Waals surface area contributed by atoms with Crippen LogP contribution >= 0.6 is 0 Å². The van der Waals surface area contributed by atoms with Gasteiger partial charge in [0.25, 0.3) is 0 Å². The van der Waals surface area contributed by atoms with Gasteiger partial charge in [0.05, 0.1) is 12.4 Å². The summed E-state index contributed by atoms with van der Waals surface area (Å²) in [5.74, 6) is 0.230. The van der Waals surface area contributed by atoms with Gasteiger partial charge in [0, 0.05) is 42.0 Å². The molecule has 0 atom stereocenters. The number of likely N-dealkylation sites (tertiary alicyclic amines) is 1. The third-order valence-electron chi connectivity index (χ3n) is 6.67. The first-order valence-corrected chi connectivity index (χ1v) is 11.8. The first-order chi connectivity index (χ1) is 16.8. The van der Waals surface area contributed by atoms with Gasteiger partial charge in [-0.3, -0.25) is 20.2 Å². The minimum Gasteiger partial charge on any atom is -0.490 e.